The van der Waals surface area contributed by atoms with Crippen molar-refractivity contribution in [1.29, 1.82) is 5.26 Å². The summed E-state index contributed by atoms with van der Waals surface area (Å²) in [6.45, 7) is 0.207. The van der Waals surface area contributed by atoms with Crippen LogP contribution in [0.15, 0.2) is 115 Å². The maximum Gasteiger partial charge on any atom is 0.349 e. The quantitative estimate of drug-likeness (QED) is 0.251. The number of nitrogens with zero attached hydrogens (tertiary/aromatic N) is 1. The second kappa shape index (κ2) is 11.2. The summed E-state index contributed by atoms with van der Waals surface area (Å²) in [7, 11) is 0. The van der Waals surface area contributed by atoms with Gasteiger partial charge in [0.25, 0.3) is 0 Å². The zero-order chi connectivity index (χ0) is 26.3. The number of carbonyl (C=O) groups is 1. The fraction of sp³-hybridized carbons (Fsp3) is 0.0968. The Kier molecular flexibility index (Phi) is 7.23. The lowest BCUT2D eigenvalue weighted by atomic mass is 9.83. The summed E-state index contributed by atoms with van der Waals surface area (Å²) in [5, 5.41) is 9.83. The first kappa shape index (κ1) is 24.5. The van der Waals surface area contributed by atoms with Crippen molar-refractivity contribution in [3.8, 4) is 29.1 Å². The number of allylic oxidation sites excluding steroid dienone is 1. The fourth-order valence-electron chi connectivity index (χ4n) is 4.16. The number of esters is 1. The van der Waals surface area contributed by atoms with Crippen LogP contribution in [-0.4, -0.2) is 12.6 Å². The molecule has 7 heteroatoms. The molecule has 0 saturated carbocycles. The highest BCUT2D eigenvalue weighted by atomic mass is 16.6. The van der Waals surface area contributed by atoms with Gasteiger partial charge in [-0.25, -0.2) is 4.79 Å². The smallest absolute Gasteiger partial charge is 0.349 e. The second-order valence-electron chi connectivity index (χ2n) is 8.54. The first-order valence-electron chi connectivity index (χ1n) is 12.0. The summed E-state index contributed by atoms with van der Waals surface area (Å²) >= 11 is 0. The maximum atomic E-state index is 12.3. The highest BCUT2D eigenvalue weighted by molar-refractivity contribution is 5.74. The second-order valence-corrected chi connectivity index (χ2v) is 8.54. The molecule has 0 spiro atoms. The SMILES string of the molecule is N#CC1=C(N)Oc2cc(OC(=O)COc3ccccc3)ccc2C1c1ccc(OCc2ccccc2)cc1. The van der Waals surface area contributed by atoms with E-state index in [9.17, 15) is 10.1 Å². The molecule has 0 amide bonds. The molecule has 1 heterocycles. The van der Waals surface area contributed by atoms with Crippen molar-refractivity contribution in [3.63, 3.8) is 0 Å². The zero-order valence-corrected chi connectivity index (χ0v) is 20.4. The molecule has 38 heavy (non-hydrogen) atoms. The van der Waals surface area contributed by atoms with Crippen LogP contribution in [0.4, 0.5) is 0 Å². The molecule has 0 radical (unpaired) electrons. The summed E-state index contributed by atoms with van der Waals surface area (Å²) in [6.07, 6.45) is 0. The molecule has 188 valence electrons. The van der Waals surface area contributed by atoms with Gasteiger partial charge in [-0.15, -0.1) is 0 Å². The van der Waals surface area contributed by atoms with Gasteiger partial charge in [0.15, 0.2) is 6.61 Å². The van der Waals surface area contributed by atoms with Gasteiger partial charge in [-0.1, -0.05) is 66.7 Å². The molecular formula is C31H24N2O5. The Morgan fingerprint density at radius 3 is 2.21 bits per heavy atom. The van der Waals surface area contributed by atoms with E-state index in [4.69, 9.17) is 24.7 Å². The van der Waals surface area contributed by atoms with Crippen LogP contribution in [0.1, 0.15) is 22.6 Å². The predicted molar refractivity (Wildman–Crippen MR) is 141 cm³/mol. The monoisotopic (exact) mass is 504 g/mol. The van der Waals surface area contributed by atoms with Crippen molar-refractivity contribution >= 4 is 5.97 Å². The Labute approximate surface area is 220 Å². The summed E-state index contributed by atoms with van der Waals surface area (Å²) in [5.41, 5.74) is 9.07. The zero-order valence-electron chi connectivity index (χ0n) is 20.4. The van der Waals surface area contributed by atoms with E-state index in [0.29, 0.717) is 29.4 Å². The van der Waals surface area contributed by atoms with Crippen LogP contribution >= 0.6 is 0 Å². The standard InChI is InChI=1S/C31H24N2O5/c32-18-27-30(22-11-13-24(14-12-22)35-19-21-7-3-1-4-8-21)26-16-15-25(17-28(26)38-31(27)33)37-29(34)20-36-23-9-5-2-6-10-23/h1-17,30H,19-20,33H2. The summed E-state index contributed by atoms with van der Waals surface area (Å²) in [6, 6.07) is 33.6. The molecule has 0 fully saturated rings. The summed E-state index contributed by atoms with van der Waals surface area (Å²) in [4.78, 5) is 12.3. The molecule has 4 aromatic carbocycles. The molecule has 5 rings (SSSR count). The number of nitriles is 1. The van der Waals surface area contributed by atoms with Gasteiger partial charge in [0.05, 0.1) is 5.92 Å². The summed E-state index contributed by atoms with van der Waals surface area (Å²) < 4.78 is 22.5. The number of ether oxygens (including phenoxy) is 4. The summed E-state index contributed by atoms with van der Waals surface area (Å²) in [5.74, 6) is 0.962. The lowest BCUT2D eigenvalue weighted by molar-refractivity contribution is -0.136. The average molecular weight is 505 g/mol. The van der Waals surface area contributed by atoms with Crippen LogP contribution in [0.3, 0.4) is 0 Å². The highest BCUT2D eigenvalue weighted by Crippen LogP contribution is 2.43. The van der Waals surface area contributed by atoms with Gasteiger partial charge in [-0.3, -0.25) is 0 Å². The van der Waals surface area contributed by atoms with Gasteiger partial charge in [-0.2, -0.15) is 5.26 Å². The first-order chi connectivity index (χ1) is 18.6. The molecule has 4 aromatic rings. The van der Waals surface area contributed by atoms with E-state index < -0.39 is 11.9 Å². The Morgan fingerprint density at radius 2 is 1.50 bits per heavy atom. The van der Waals surface area contributed by atoms with Gasteiger partial charge in [0.1, 0.15) is 41.2 Å². The van der Waals surface area contributed by atoms with Crippen molar-refractivity contribution < 1.29 is 23.7 Å². The first-order valence-corrected chi connectivity index (χ1v) is 12.0. The molecule has 7 nitrogen and oxygen atoms in total. The van der Waals surface area contributed by atoms with Gasteiger partial charge >= 0.3 is 5.97 Å². The number of hydrogen-bond acceptors (Lipinski definition) is 7. The minimum absolute atomic E-state index is 0.00490. The minimum atomic E-state index is -0.562. The van der Waals surface area contributed by atoms with Crippen molar-refractivity contribution in [2.75, 3.05) is 6.61 Å². The van der Waals surface area contributed by atoms with Gasteiger partial charge < -0.3 is 24.7 Å². The number of para-hydroxylation sites is 1. The van der Waals surface area contributed by atoms with Crippen molar-refractivity contribution in [2.45, 2.75) is 12.5 Å². The molecule has 0 aliphatic carbocycles. The van der Waals surface area contributed by atoms with Crippen molar-refractivity contribution in [1.82, 2.24) is 0 Å². The molecule has 0 bridgehead atoms. The number of carbonyl (C=O) groups excluding carboxylic acids is 1. The fourth-order valence-corrected chi connectivity index (χ4v) is 4.16. The van der Waals surface area contributed by atoms with Gasteiger partial charge in [0.2, 0.25) is 5.88 Å². The van der Waals surface area contributed by atoms with Crippen molar-refractivity contribution in [2.24, 2.45) is 5.73 Å². The molecule has 0 aromatic heterocycles. The molecule has 1 aliphatic heterocycles. The molecule has 1 atom stereocenters. The topological polar surface area (TPSA) is 104 Å². The molecule has 1 unspecified atom stereocenters. The third-order valence-corrected chi connectivity index (χ3v) is 5.98. The number of benzene rings is 4. The van der Waals surface area contributed by atoms with E-state index in [1.807, 2.05) is 72.8 Å². The van der Waals surface area contributed by atoms with Crippen LogP contribution in [-0.2, 0) is 11.4 Å². The van der Waals surface area contributed by atoms with Crippen LogP contribution < -0.4 is 24.7 Å². The van der Waals surface area contributed by atoms with Gasteiger partial charge in [0, 0.05) is 11.6 Å². The molecule has 1 aliphatic rings. The number of nitrogens with two attached hydrogens (primary N) is 1. The number of rotatable bonds is 8. The average Bonchev–Trinajstić information content (AvgIpc) is 2.95. The number of fused-ring (bicyclic) bond motifs is 1. The minimum Gasteiger partial charge on any atom is -0.489 e. The van der Waals surface area contributed by atoms with Crippen molar-refractivity contribution in [3.05, 3.63) is 131 Å². The molecule has 0 saturated heterocycles. The van der Waals surface area contributed by atoms with Crippen LogP contribution in [0.5, 0.6) is 23.0 Å². The van der Waals surface area contributed by atoms with E-state index in [2.05, 4.69) is 6.07 Å². The van der Waals surface area contributed by atoms with Crippen LogP contribution in [0, 0.1) is 11.3 Å². The van der Waals surface area contributed by atoms with Crippen LogP contribution in [0.25, 0.3) is 0 Å². The molecular weight excluding hydrogens is 480 g/mol. The maximum absolute atomic E-state index is 12.3. The van der Waals surface area contributed by atoms with Gasteiger partial charge in [-0.05, 0) is 41.5 Å². The van der Waals surface area contributed by atoms with E-state index in [-0.39, 0.29) is 18.2 Å². The lowest BCUT2D eigenvalue weighted by Crippen LogP contribution is -2.21. The highest BCUT2D eigenvalue weighted by Gasteiger charge is 2.31. The normalized spacial score (nSPS) is 14.0. The van der Waals surface area contributed by atoms with Crippen LogP contribution in [0.2, 0.25) is 0 Å². The van der Waals surface area contributed by atoms with E-state index in [1.165, 1.54) is 0 Å². The predicted octanol–water partition coefficient (Wildman–Crippen LogP) is 5.47. The van der Waals surface area contributed by atoms with E-state index in [0.717, 1.165) is 16.7 Å². The van der Waals surface area contributed by atoms with E-state index >= 15 is 0 Å². The molecule has 2 N–H and O–H groups in total. The van der Waals surface area contributed by atoms with E-state index in [1.54, 1.807) is 30.3 Å². The Bertz CT molecular complexity index is 1490. The third kappa shape index (κ3) is 5.61. The lowest BCUT2D eigenvalue weighted by Gasteiger charge is -2.26. The number of hydrogen-bond donors (Lipinski definition) is 1. The Morgan fingerprint density at radius 1 is 0.842 bits per heavy atom. The largest absolute Gasteiger partial charge is 0.489 e. The third-order valence-electron chi connectivity index (χ3n) is 5.98. The Balaban J connectivity index is 1.31. The Hall–Kier alpha value is -5.22.